The molecule has 0 spiro atoms. The normalized spacial score (nSPS) is 14.4. The molecule has 0 N–H and O–H groups in total. The van der Waals surface area contributed by atoms with Crippen LogP contribution in [0.15, 0.2) is 48.5 Å². The second kappa shape index (κ2) is 7.81. The Morgan fingerprint density at radius 2 is 1.54 bits per heavy atom. The number of benzene rings is 2. The van der Waals surface area contributed by atoms with Gasteiger partial charge in [-0.2, -0.15) is 0 Å². The summed E-state index contributed by atoms with van der Waals surface area (Å²) in [7, 11) is 0. The summed E-state index contributed by atoms with van der Waals surface area (Å²) in [6, 6.07) is 15.1. The summed E-state index contributed by atoms with van der Waals surface area (Å²) in [5.41, 5.74) is 2.92. The Kier molecular flexibility index (Phi) is 5.24. The fourth-order valence-electron chi connectivity index (χ4n) is 3.37. The summed E-state index contributed by atoms with van der Waals surface area (Å²) in [5, 5.41) is 9.60. The van der Waals surface area contributed by atoms with Crippen molar-refractivity contribution in [1.82, 2.24) is 19.9 Å². The number of piperazine rings is 1. The van der Waals surface area contributed by atoms with Gasteiger partial charge in [-0.25, -0.2) is 4.68 Å². The van der Waals surface area contributed by atoms with E-state index in [0.29, 0.717) is 34.5 Å². The number of rotatable bonds is 3. The quantitative estimate of drug-likeness (QED) is 0.651. The van der Waals surface area contributed by atoms with E-state index in [1.807, 2.05) is 48.2 Å². The van der Waals surface area contributed by atoms with Crippen molar-refractivity contribution >= 4 is 34.8 Å². The smallest absolute Gasteiger partial charge is 0.276 e. The summed E-state index contributed by atoms with van der Waals surface area (Å²) in [6.45, 7) is 4.57. The molecule has 8 heteroatoms. The van der Waals surface area contributed by atoms with Crippen LogP contribution in [-0.4, -0.2) is 52.0 Å². The predicted molar refractivity (Wildman–Crippen MR) is 111 cm³/mol. The molecule has 3 aromatic rings. The number of carbonyl (C=O) groups excluding carboxylic acids is 1. The Bertz CT molecular complexity index is 1010. The Morgan fingerprint density at radius 3 is 2.18 bits per heavy atom. The van der Waals surface area contributed by atoms with Gasteiger partial charge in [0.25, 0.3) is 5.91 Å². The highest BCUT2D eigenvalue weighted by atomic mass is 35.5. The van der Waals surface area contributed by atoms with Crippen LogP contribution >= 0.6 is 23.2 Å². The van der Waals surface area contributed by atoms with Crippen molar-refractivity contribution in [3.05, 3.63) is 70.0 Å². The van der Waals surface area contributed by atoms with Crippen molar-refractivity contribution in [2.75, 3.05) is 31.1 Å². The van der Waals surface area contributed by atoms with E-state index < -0.39 is 0 Å². The average Bonchev–Trinajstić information content (AvgIpc) is 3.09. The molecule has 0 atom stereocenters. The summed E-state index contributed by atoms with van der Waals surface area (Å²) in [4.78, 5) is 17.0. The van der Waals surface area contributed by atoms with Gasteiger partial charge < -0.3 is 9.80 Å². The molecule has 2 heterocycles. The number of halogens is 2. The molecule has 0 saturated carbocycles. The lowest BCUT2D eigenvalue weighted by atomic mass is 10.2. The minimum atomic E-state index is -0.100. The van der Waals surface area contributed by atoms with E-state index in [1.165, 1.54) is 0 Å². The lowest BCUT2D eigenvalue weighted by molar-refractivity contribution is 0.0740. The van der Waals surface area contributed by atoms with Gasteiger partial charge in [-0.3, -0.25) is 4.79 Å². The molecule has 2 aromatic carbocycles. The summed E-state index contributed by atoms with van der Waals surface area (Å²) < 4.78 is 1.64. The molecule has 0 unspecified atom stereocenters. The number of amides is 1. The van der Waals surface area contributed by atoms with E-state index in [1.54, 1.807) is 16.8 Å². The third kappa shape index (κ3) is 3.70. The predicted octanol–water partition coefficient (Wildman–Crippen LogP) is 3.84. The topological polar surface area (TPSA) is 54.3 Å². The maximum absolute atomic E-state index is 13.0. The van der Waals surface area contributed by atoms with Gasteiger partial charge in [0, 0.05) is 41.9 Å². The number of anilines is 1. The molecule has 1 saturated heterocycles. The van der Waals surface area contributed by atoms with E-state index in [4.69, 9.17) is 23.2 Å². The lowest BCUT2D eigenvalue weighted by Crippen LogP contribution is -2.49. The van der Waals surface area contributed by atoms with Crippen LogP contribution in [0.1, 0.15) is 16.2 Å². The third-order valence-electron chi connectivity index (χ3n) is 4.89. The second-order valence-electron chi connectivity index (χ2n) is 6.67. The molecule has 1 aliphatic heterocycles. The van der Waals surface area contributed by atoms with Crippen molar-refractivity contribution < 1.29 is 4.79 Å². The van der Waals surface area contributed by atoms with Crippen molar-refractivity contribution in [3.63, 3.8) is 0 Å². The molecule has 1 aliphatic rings. The molecule has 28 heavy (non-hydrogen) atoms. The first kappa shape index (κ1) is 18.8. The zero-order valence-electron chi connectivity index (χ0n) is 15.3. The van der Waals surface area contributed by atoms with Gasteiger partial charge in [-0.15, -0.1) is 5.10 Å². The molecular formula is C20H19Cl2N5O. The Labute approximate surface area is 173 Å². The Hall–Kier alpha value is -2.57. The fourth-order valence-corrected chi connectivity index (χ4v) is 3.74. The van der Waals surface area contributed by atoms with Gasteiger partial charge >= 0.3 is 0 Å². The zero-order valence-corrected chi connectivity index (χ0v) is 16.9. The SMILES string of the molecule is Cc1c(C(=O)N2CCN(c3cccc(Cl)c3)CC2)nnn1-c1cccc(Cl)c1. The lowest BCUT2D eigenvalue weighted by Gasteiger charge is -2.35. The van der Waals surface area contributed by atoms with Crippen LogP contribution in [0.25, 0.3) is 5.69 Å². The molecule has 0 bridgehead atoms. The Morgan fingerprint density at radius 1 is 0.929 bits per heavy atom. The van der Waals surface area contributed by atoms with E-state index in [0.717, 1.165) is 24.5 Å². The molecule has 1 amide bonds. The first-order valence-corrected chi connectivity index (χ1v) is 9.76. The van der Waals surface area contributed by atoms with Crippen molar-refractivity contribution in [3.8, 4) is 5.69 Å². The van der Waals surface area contributed by atoms with Crippen molar-refractivity contribution in [1.29, 1.82) is 0 Å². The zero-order chi connectivity index (χ0) is 19.7. The molecule has 4 rings (SSSR count). The largest absolute Gasteiger partial charge is 0.368 e. The van der Waals surface area contributed by atoms with Gasteiger partial charge in [0.05, 0.1) is 11.4 Å². The number of hydrogen-bond acceptors (Lipinski definition) is 4. The first-order valence-electron chi connectivity index (χ1n) is 9.01. The summed E-state index contributed by atoms with van der Waals surface area (Å²) >= 11 is 12.1. The van der Waals surface area contributed by atoms with Crippen LogP contribution in [0, 0.1) is 6.92 Å². The molecule has 6 nitrogen and oxygen atoms in total. The van der Waals surface area contributed by atoms with Gasteiger partial charge in [-0.05, 0) is 43.3 Å². The standard InChI is InChI=1S/C20H19Cl2N5O/c1-14-19(23-24-27(14)18-7-3-5-16(22)13-18)20(28)26-10-8-25(9-11-26)17-6-2-4-15(21)12-17/h2-7,12-13H,8-11H2,1H3. The molecule has 1 fully saturated rings. The van der Waals surface area contributed by atoms with E-state index in [-0.39, 0.29) is 5.91 Å². The Balaban J connectivity index is 1.47. The average molecular weight is 416 g/mol. The van der Waals surface area contributed by atoms with E-state index in [9.17, 15) is 4.79 Å². The number of hydrogen-bond donors (Lipinski definition) is 0. The van der Waals surface area contributed by atoms with Crippen LogP contribution in [0.4, 0.5) is 5.69 Å². The first-order chi connectivity index (χ1) is 13.5. The van der Waals surface area contributed by atoms with Gasteiger partial charge in [0.15, 0.2) is 5.69 Å². The molecule has 1 aromatic heterocycles. The number of aromatic nitrogens is 3. The monoisotopic (exact) mass is 415 g/mol. The van der Waals surface area contributed by atoms with Crippen LogP contribution in [0.5, 0.6) is 0 Å². The van der Waals surface area contributed by atoms with Gasteiger partial charge in [0.1, 0.15) is 0 Å². The molecule has 144 valence electrons. The maximum Gasteiger partial charge on any atom is 0.276 e. The minimum absolute atomic E-state index is 0.100. The maximum atomic E-state index is 13.0. The summed E-state index contributed by atoms with van der Waals surface area (Å²) in [5.74, 6) is -0.100. The highest BCUT2D eigenvalue weighted by Crippen LogP contribution is 2.22. The molecular weight excluding hydrogens is 397 g/mol. The minimum Gasteiger partial charge on any atom is -0.368 e. The highest BCUT2D eigenvalue weighted by Gasteiger charge is 2.26. The van der Waals surface area contributed by atoms with E-state index in [2.05, 4.69) is 15.2 Å². The van der Waals surface area contributed by atoms with Crippen LogP contribution < -0.4 is 4.90 Å². The van der Waals surface area contributed by atoms with Crippen molar-refractivity contribution in [2.45, 2.75) is 6.92 Å². The summed E-state index contributed by atoms with van der Waals surface area (Å²) in [6.07, 6.45) is 0. The number of nitrogens with zero attached hydrogens (tertiary/aromatic N) is 5. The van der Waals surface area contributed by atoms with Crippen molar-refractivity contribution in [2.24, 2.45) is 0 Å². The number of carbonyl (C=O) groups is 1. The molecule has 0 radical (unpaired) electrons. The van der Waals surface area contributed by atoms with Crippen LogP contribution in [0.3, 0.4) is 0 Å². The van der Waals surface area contributed by atoms with Crippen LogP contribution in [-0.2, 0) is 0 Å². The van der Waals surface area contributed by atoms with Gasteiger partial charge in [-0.1, -0.05) is 40.5 Å². The highest BCUT2D eigenvalue weighted by molar-refractivity contribution is 6.31. The third-order valence-corrected chi connectivity index (χ3v) is 5.36. The van der Waals surface area contributed by atoms with E-state index >= 15 is 0 Å². The van der Waals surface area contributed by atoms with Gasteiger partial charge in [0.2, 0.25) is 0 Å². The second-order valence-corrected chi connectivity index (χ2v) is 7.55. The van der Waals surface area contributed by atoms with Crippen LogP contribution in [0.2, 0.25) is 10.0 Å². The molecule has 0 aliphatic carbocycles. The fraction of sp³-hybridized carbons (Fsp3) is 0.250.